The highest BCUT2D eigenvalue weighted by molar-refractivity contribution is 7.98. The van der Waals surface area contributed by atoms with E-state index in [-0.39, 0.29) is 17.8 Å². The number of carbonyl (C=O) groups excluding carboxylic acids is 2. The van der Waals surface area contributed by atoms with Gasteiger partial charge in [0.2, 0.25) is 17.8 Å². The molecule has 0 unspecified atom stereocenters. The van der Waals surface area contributed by atoms with Crippen molar-refractivity contribution < 1.29 is 9.59 Å². The predicted molar refractivity (Wildman–Crippen MR) is 81.6 cm³/mol. The molecule has 2 rings (SSSR count). The number of aromatic nitrogens is 3. The van der Waals surface area contributed by atoms with Crippen LogP contribution in [0.4, 0.5) is 5.95 Å². The molecule has 1 aromatic carbocycles. The fourth-order valence-electron chi connectivity index (χ4n) is 1.56. The molecule has 1 heterocycles. The molecule has 8 heteroatoms. The zero-order valence-corrected chi connectivity index (χ0v) is 13.0. The Bertz CT molecular complexity index is 687. The largest absolute Gasteiger partial charge is 0.293 e. The monoisotopic (exact) mass is 324 g/mol. The van der Waals surface area contributed by atoms with Crippen molar-refractivity contribution >= 4 is 41.1 Å². The first-order chi connectivity index (χ1) is 9.97. The Morgan fingerprint density at radius 1 is 1.33 bits per heavy atom. The van der Waals surface area contributed by atoms with Gasteiger partial charge in [-0.25, -0.2) is 0 Å². The van der Waals surface area contributed by atoms with Crippen LogP contribution in [0.1, 0.15) is 24.2 Å². The number of anilines is 1. The van der Waals surface area contributed by atoms with E-state index in [0.717, 1.165) is 10.2 Å². The summed E-state index contributed by atoms with van der Waals surface area (Å²) in [6.07, 6.45) is 0. The molecule has 21 heavy (non-hydrogen) atoms. The Labute approximate surface area is 130 Å². The van der Waals surface area contributed by atoms with Crippen molar-refractivity contribution in [2.24, 2.45) is 0 Å². The zero-order chi connectivity index (χ0) is 15.4. The van der Waals surface area contributed by atoms with Crippen LogP contribution in [-0.2, 0) is 10.5 Å². The van der Waals surface area contributed by atoms with Gasteiger partial charge in [0.25, 0.3) is 0 Å². The van der Waals surface area contributed by atoms with Crippen molar-refractivity contribution in [3.8, 4) is 0 Å². The second-order valence-corrected chi connectivity index (χ2v) is 5.56. The van der Waals surface area contributed by atoms with Gasteiger partial charge in [0, 0.05) is 24.6 Å². The Balaban J connectivity index is 2.18. The first-order valence-electron chi connectivity index (χ1n) is 6.09. The molecule has 0 bridgehead atoms. The summed E-state index contributed by atoms with van der Waals surface area (Å²) < 4.78 is 1.16. The fourth-order valence-corrected chi connectivity index (χ4v) is 2.83. The third kappa shape index (κ3) is 4.05. The van der Waals surface area contributed by atoms with Crippen LogP contribution in [0.5, 0.6) is 0 Å². The summed E-state index contributed by atoms with van der Waals surface area (Å²) in [4.78, 5) is 26.7. The van der Waals surface area contributed by atoms with Crippen LogP contribution in [0.25, 0.3) is 0 Å². The van der Waals surface area contributed by atoms with Crippen LogP contribution in [0, 0.1) is 0 Å². The third-order valence-corrected chi connectivity index (χ3v) is 3.82. The molecule has 110 valence electrons. The summed E-state index contributed by atoms with van der Waals surface area (Å²) in [7, 11) is 0. The molecular formula is C13H13ClN4O2S. The lowest BCUT2D eigenvalue weighted by Crippen LogP contribution is -2.11. The highest BCUT2D eigenvalue weighted by Gasteiger charge is 2.15. The molecule has 0 saturated heterocycles. The SMILES string of the molecule is CC(=O)Nc1nc(SCc2ccccc2Cl)n(C(C)=O)n1. The fraction of sp³-hybridized carbons (Fsp3) is 0.231. The Morgan fingerprint density at radius 2 is 2.05 bits per heavy atom. The molecule has 0 spiro atoms. The van der Waals surface area contributed by atoms with Gasteiger partial charge < -0.3 is 0 Å². The van der Waals surface area contributed by atoms with Crippen molar-refractivity contribution in [1.29, 1.82) is 0 Å². The van der Waals surface area contributed by atoms with Crippen LogP contribution in [0.3, 0.4) is 0 Å². The number of nitrogens with one attached hydrogen (secondary N) is 1. The maximum absolute atomic E-state index is 11.6. The Kier molecular flexibility index (Phi) is 4.98. The molecule has 1 N–H and O–H groups in total. The maximum Gasteiger partial charge on any atom is 0.250 e. The second kappa shape index (κ2) is 6.73. The number of benzene rings is 1. The van der Waals surface area contributed by atoms with Crippen molar-refractivity contribution in [3.05, 3.63) is 34.9 Å². The summed E-state index contributed by atoms with van der Waals surface area (Å²) in [5.41, 5.74) is 0.934. The van der Waals surface area contributed by atoms with Gasteiger partial charge in [0.1, 0.15) is 0 Å². The van der Waals surface area contributed by atoms with Crippen molar-refractivity contribution in [1.82, 2.24) is 14.8 Å². The minimum Gasteiger partial charge on any atom is -0.293 e. The number of rotatable bonds is 4. The van der Waals surface area contributed by atoms with Crippen molar-refractivity contribution in [3.63, 3.8) is 0 Å². The quantitative estimate of drug-likeness (QED) is 0.875. The topological polar surface area (TPSA) is 76.9 Å². The molecule has 1 amide bonds. The molecule has 0 atom stereocenters. The molecule has 0 saturated carbocycles. The van der Waals surface area contributed by atoms with Crippen LogP contribution in [0.2, 0.25) is 5.02 Å². The van der Waals surface area contributed by atoms with E-state index in [1.165, 1.54) is 25.6 Å². The molecule has 0 aliphatic rings. The van der Waals surface area contributed by atoms with E-state index in [0.29, 0.717) is 15.9 Å². The number of hydrogen-bond acceptors (Lipinski definition) is 5. The molecule has 0 aliphatic heterocycles. The molecule has 0 radical (unpaired) electrons. The standard InChI is InChI=1S/C13H13ClN4O2S/c1-8(19)15-12-16-13(18(17-12)9(2)20)21-7-10-5-3-4-6-11(10)14/h3-6H,7H2,1-2H3,(H,15,17,19). The number of hydrogen-bond donors (Lipinski definition) is 1. The van der Waals surface area contributed by atoms with E-state index in [4.69, 9.17) is 11.6 Å². The number of thioether (sulfide) groups is 1. The smallest absolute Gasteiger partial charge is 0.250 e. The number of carbonyl (C=O) groups is 2. The van der Waals surface area contributed by atoms with Crippen molar-refractivity contribution in [2.45, 2.75) is 24.8 Å². The van der Waals surface area contributed by atoms with Gasteiger partial charge in [0.15, 0.2) is 5.16 Å². The van der Waals surface area contributed by atoms with Crippen LogP contribution in [0.15, 0.2) is 29.4 Å². The highest BCUT2D eigenvalue weighted by Crippen LogP contribution is 2.26. The van der Waals surface area contributed by atoms with Crippen LogP contribution < -0.4 is 5.32 Å². The summed E-state index contributed by atoms with van der Waals surface area (Å²) >= 11 is 7.41. The average molecular weight is 325 g/mol. The van der Waals surface area contributed by atoms with Crippen LogP contribution in [-0.4, -0.2) is 26.6 Å². The van der Waals surface area contributed by atoms with Gasteiger partial charge in [-0.1, -0.05) is 41.6 Å². The maximum atomic E-state index is 11.6. The summed E-state index contributed by atoms with van der Waals surface area (Å²) in [6.45, 7) is 2.73. The summed E-state index contributed by atoms with van der Waals surface area (Å²) in [5, 5.41) is 7.47. The predicted octanol–water partition coefficient (Wildman–Crippen LogP) is 2.84. The minimum atomic E-state index is -0.293. The van der Waals surface area contributed by atoms with Gasteiger partial charge in [-0.05, 0) is 11.6 Å². The molecule has 0 fully saturated rings. The Morgan fingerprint density at radius 3 is 2.67 bits per heavy atom. The van der Waals surface area contributed by atoms with Gasteiger partial charge >= 0.3 is 0 Å². The average Bonchev–Trinajstić information content (AvgIpc) is 2.80. The number of halogens is 1. The van der Waals surface area contributed by atoms with Gasteiger partial charge in [0.05, 0.1) is 0 Å². The van der Waals surface area contributed by atoms with E-state index in [9.17, 15) is 9.59 Å². The molecule has 6 nitrogen and oxygen atoms in total. The van der Waals surface area contributed by atoms with Crippen LogP contribution >= 0.6 is 23.4 Å². The molecule has 0 aliphatic carbocycles. The Hall–Kier alpha value is -1.86. The molecule has 1 aromatic heterocycles. The second-order valence-electron chi connectivity index (χ2n) is 4.21. The molecular weight excluding hydrogens is 312 g/mol. The summed E-state index contributed by atoms with van der Waals surface area (Å²) in [5.74, 6) is 0.0870. The van der Waals surface area contributed by atoms with Gasteiger partial charge in [-0.3, -0.25) is 14.9 Å². The van der Waals surface area contributed by atoms with Crippen molar-refractivity contribution in [2.75, 3.05) is 5.32 Å². The van der Waals surface area contributed by atoms with E-state index in [2.05, 4.69) is 15.4 Å². The minimum absolute atomic E-state index is 0.111. The van der Waals surface area contributed by atoms with E-state index in [1.807, 2.05) is 18.2 Å². The van der Waals surface area contributed by atoms with E-state index >= 15 is 0 Å². The van der Waals surface area contributed by atoms with Gasteiger partial charge in [-0.2, -0.15) is 9.67 Å². The normalized spacial score (nSPS) is 10.4. The summed E-state index contributed by atoms with van der Waals surface area (Å²) in [6, 6.07) is 7.44. The lowest BCUT2D eigenvalue weighted by Gasteiger charge is -2.03. The first-order valence-corrected chi connectivity index (χ1v) is 7.45. The first kappa shape index (κ1) is 15.5. The van der Waals surface area contributed by atoms with Gasteiger partial charge in [-0.15, -0.1) is 5.10 Å². The lowest BCUT2D eigenvalue weighted by atomic mass is 10.2. The zero-order valence-electron chi connectivity index (χ0n) is 11.5. The third-order valence-electron chi connectivity index (χ3n) is 2.48. The number of nitrogens with zero attached hydrogens (tertiary/aromatic N) is 3. The van der Waals surface area contributed by atoms with E-state index in [1.54, 1.807) is 6.07 Å². The number of amides is 1. The lowest BCUT2D eigenvalue weighted by molar-refractivity contribution is -0.114. The molecule has 2 aromatic rings. The van der Waals surface area contributed by atoms with E-state index < -0.39 is 0 Å². The highest BCUT2D eigenvalue weighted by atomic mass is 35.5.